The second-order valence-corrected chi connectivity index (χ2v) is 6.64. The van der Waals surface area contributed by atoms with E-state index >= 15 is 0 Å². The average molecular weight is 367 g/mol. The molecule has 3 aromatic rings. The Labute approximate surface area is 156 Å². The molecule has 2 aromatic carbocycles. The average Bonchev–Trinajstić information content (AvgIpc) is 3.44. The molecule has 0 amide bonds. The molecule has 0 spiro atoms. The molecular weight excluding hydrogens is 348 g/mol. The van der Waals surface area contributed by atoms with Gasteiger partial charge < -0.3 is 10.2 Å². The van der Waals surface area contributed by atoms with E-state index < -0.39 is 0 Å². The summed E-state index contributed by atoms with van der Waals surface area (Å²) in [6, 6.07) is 19.7. The summed E-state index contributed by atoms with van der Waals surface area (Å²) in [5, 5.41) is 6.55. The fourth-order valence-corrected chi connectivity index (χ4v) is 3.18. The maximum atomic E-state index is 12.3. The van der Waals surface area contributed by atoms with Crippen molar-refractivity contribution in [3.63, 3.8) is 0 Å². The highest BCUT2D eigenvalue weighted by Crippen LogP contribution is 2.28. The van der Waals surface area contributed by atoms with E-state index in [1.807, 2.05) is 60.7 Å². The highest BCUT2D eigenvalue weighted by Gasteiger charge is 2.35. The predicted octanol–water partition coefficient (Wildman–Crippen LogP) is 2.61. The second kappa shape index (κ2) is 7.13. The number of aromatic nitrogens is 2. The lowest BCUT2D eigenvalue weighted by Gasteiger charge is -2.23. The van der Waals surface area contributed by atoms with Gasteiger partial charge in [0.15, 0.2) is 5.11 Å². The zero-order valence-electron chi connectivity index (χ0n) is 14.1. The second-order valence-electron chi connectivity index (χ2n) is 6.25. The quantitative estimate of drug-likeness (QED) is 0.536. The van der Waals surface area contributed by atoms with Crippen LogP contribution in [0.5, 0.6) is 0 Å². The van der Waals surface area contributed by atoms with Crippen LogP contribution in [-0.2, 0) is 6.54 Å². The van der Waals surface area contributed by atoms with Crippen LogP contribution in [0.3, 0.4) is 0 Å². The molecule has 0 saturated heterocycles. The van der Waals surface area contributed by atoms with Crippen LogP contribution in [0.25, 0.3) is 5.69 Å². The van der Waals surface area contributed by atoms with E-state index in [9.17, 15) is 4.79 Å². The highest BCUT2D eigenvalue weighted by atomic mass is 32.1. The minimum atomic E-state index is -0.387. The minimum absolute atomic E-state index is 0.345. The van der Waals surface area contributed by atoms with Gasteiger partial charge in [-0.1, -0.05) is 36.4 Å². The monoisotopic (exact) mass is 367 g/mol. The first kappa shape index (κ1) is 16.5. The van der Waals surface area contributed by atoms with E-state index in [-0.39, 0.29) is 5.63 Å². The molecule has 0 atom stereocenters. The van der Waals surface area contributed by atoms with Crippen molar-refractivity contribution in [3.05, 3.63) is 76.8 Å². The molecule has 1 aliphatic rings. The third-order valence-corrected chi connectivity index (χ3v) is 4.68. The maximum absolute atomic E-state index is 12.3. The Morgan fingerprint density at radius 1 is 1.15 bits per heavy atom. The van der Waals surface area contributed by atoms with Crippen LogP contribution in [0.4, 0.5) is 5.69 Å². The summed E-state index contributed by atoms with van der Waals surface area (Å²) >= 11 is 5.61. The molecule has 1 aromatic heterocycles. The molecule has 0 aliphatic heterocycles. The standard InChI is InChI=1S/C19H18N4O2S/c24-18-17(23(21-25-18)16-9-5-2-6-10-16)13-22(15-11-12-15)19(26)20-14-7-3-1-4-8-14/h1-10,15H,11-13H2,(H-,20,21,24,26)/p+1. The molecule has 0 radical (unpaired) electrons. The summed E-state index contributed by atoms with van der Waals surface area (Å²) in [5.41, 5.74) is 1.90. The van der Waals surface area contributed by atoms with Gasteiger partial charge in [0, 0.05) is 23.9 Å². The summed E-state index contributed by atoms with van der Waals surface area (Å²) in [4.78, 5) is 14.3. The molecule has 4 rings (SSSR count). The molecule has 2 N–H and O–H groups in total. The van der Waals surface area contributed by atoms with E-state index in [4.69, 9.17) is 16.7 Å². The largest absolute Gasteiger partial charge is 0.432 e. The van der Waals surface area contributed by atoms with E-state index in [0.29, 0.717) is 23.4 Å². The Bertz CT molecular complexity index is 948. The Hall–Kier alpha value is -2.93. The van der Waals surface area contributed by atoms with Gasteiger partial charge in [0.1, 0.15) is 6.54 Å². The lowest BCUT2D eigenvalue weighted by Crippen LogP contribution is -2.44. The van der Waals surface area contributed by atoms with E-state index in [1.54, 1.807) is 4.68 Å². The zero-order chi connectivity index (χ0) is 17.9. The predicted molar refractivity (Wildman–Crippen MR) is 102 cm³/mol. The molecule has 132 valence electrons. The topological polar surface area (TPSA) is 65.2 Å². The van der Waals surface area contributed by atoms with Crippen molar-refractivity contribution >= 4 is 23.0 Å². The number of hydrogen-bond donors (Lipinski definition) is 2. The molecule has 26 heavy (non-hydrogen) atoms. The maximum Gasteiger partial charge on any atom is 0.432 e. The summed E-state index contributed by atoms with van der Waals surface area (Å²) in [6.45, 7) is 0.379. The Morgan fingerprint density at radius 2 is 1.81 bits per heavy atom. The molecule has 0 unspecified atom stereocenters. The van der Waals surface area contributed by atoms with Crippen molar-refractivity contribution in [2.75, 3.05) is 5.32 Å². The summed E-state index contributed by atoms with van der Waals surface area (Å²) in [7, 11) is 0. The molecule has 1 saturated carbocycles. The smallest absolute Gasteiger partial charge is 0.335 e. The van der Waals surface area contributed by atoms with Crippen molar-refractivity contribution in [2.24, 2.45) is 0 Å². The summed E-state index contributed by atoms with van der Waals surface area (Å²) in [5.74, 6) is 0. The first-order valence-corrected chi connectivity index (χ1v) is 8.94. The molecule has 1 heterocycles. The van der Waals surface area contributed by atoms with Gasteiger partial charge in [0.05, 0.1) is 0 Å². The highest BCUT2D eigenvalue weighted by molar-refractivity contribution is 7.80. The number of nitrogens with zero attached hydrogens (tertiary/aromatic N) is 2. The number of hydrogen-bond acceptors (Lipinski definition) is 3. The summed E-state index contributed by atoms with van der Waals surface area (Å²) in [6.07, 6.45) is 2.13. The van der Waals surface area contributed by atoms with Crippen molar-refractivity contribution < 1.29 is 9.20 Å². The molecule has 7 heteroatoms. The summed E-state index contributed by atoms with van der Waals surface area (Å²) < 4.78 is 6.71. The van der Waals surface area contributed by atoms with E-state index in [0.717, 1.165) is 24.2 Å². The molecule has 1 fully saturated rings. The zero-order valence-corrected chi connectivity index (χ0v) is 14.9. The lowest BCUT2D eigenvalue weighted by atomic mass is 10.3. The van der Waals surface area contributed by atoms with Gasteiger partial charge in [0.25, 0.3) is 0 Å². The number of benzene rings is 2. The van der Waals surface area contributed by atoms with Crippen LogP contribution in [0.1, 0.15) is 18.5 Å². The van der Waals surface area contributed by atoms with Crippen LogP contribution < -0.4 is 15.6 Å². The number of anilines is 1. The fraction of sp³-hybridized carbons (Fsp3) is 0.211. The van der Waals surface area contributed by atoms with Crippen LogP contribution in [-0.4, -0.2) is 21.3 Å². The number of nitrogens with one attached hydrogen (secondary N) is 2. The van der Waals surface area contributed by atoms with E-state index in [2.05, 4.69) is 15.5 Å². The third-order valence-electron chi connectivity index (χ3n) is 4.34. The van der Waals surface area contributed by atoms with Crippen LogP contribution in [0.15, 0.2) is 70.0 Å². The number of aromatic amines is 1. The number of thiocarbonyl (C=S) groups is 1. The number of rotatable bonds is 5. The Balaban J connectivity index is 1.59. The van der Waals surface area contributed by atoms with Gasteiger partial charge in [-0.3, -0.25) is 4.52 Å². The van der Waals surface area contributed by atoms with Crippen molar-refractivity contribution in [1.82, 2.24) is 10.2 Å². The first-order valence-electron chi connectivity index (χ1n) is 8.53. The van der Waals surface area contributed by atoms with Gasteiger partial charge in [-0.05, 0) is 47.1 Å². The van der Waals surface area contributed by atoms with Gasteiger partial charge in [-0.15, -0.1) is 0 Å². The van der Waals surface area contributed by atoms with Crippen LogP contribution >= 0.6 is 12.2 Å². The van der Waals surface area contributed by atoms with Crippen LogP contribution in [0, 0.1) is 0 Å². The Kier molecular flexibility index (Phi) is 4.53. The Morgan fingerprint density at radius 3 is 2.46 bits per heavy atom. The molecule has 0 bridgehead atoms. The lowest BCUT2D eigenvalue weighted by molar-refractivity contribution is -0.678. The molecule has 1 aliphatic carbocycles. The van der Waals surface area contributed by atoms with Gasteiger partial charge >= 0.3 is 11.3 Å². The fourth-order valence-electron chi connectivity index (χ4n) is 2.84. The number of H-pyrrole nitrogens is 1. The third kappa shape index (κ3) is 3.52. The van der Waals surface area contributed by atoms with Crippen LogP contribution in [0.2, 0.25) is 0 Å². The molecule has 6 nitrogen and oxygen atoms in total. The SMILES string of the molecule is O=c1o[nH][n+](-c2ccccc2)c1CN(C(=S)Nc1ccccc1)C1CC1. The van der Waals surface area contributed by atoms with Crippen molar-refractivity contribution in [1.29, 1.82) is 0 Å². The van der Waals surface area contributed by atoms with E-state index in [1.165, 1.54) is 0 Å². The molecular formula is C19H19N4O2S+. The van der Waals surface area contributed by atoms with Crippen molar-refractivity contribution in [2.45, 2.75) is 25.4 Å². The van der Waals surface area contributed by atoms with Crippen molar-refractivity contribution in [3.8, 4) is 5.69 Å². The first-order chi connectivity index (χ1) is 12.7. The van der Waals surface area contributed by atoms with Gasteiger partial charge in [-0.2, -0.15) is 0 Å². The van der Waals surface area contributed by atoms with Gasteiger partial charge in [-0.25, -0.2) is 4.79 Å². The normalized spacial score (nSPS) is 13.4. The van der Waals surface area contributed by atoms with Gasteiger partial charge in [0.2, 0.25) is 5.69 Å². The minimum Gasteiger partial charge on any atom is -0.335 e. The number of para-hydroxylation sites is 2.